The summed E-state index contributed by atoms with van der Waals surface area (Å²) in [5.74, 6) is -1.28. The summed E-state index contributed by atoms with van der Waals surface area (Å²) < 4.78 is 13.4. The van der Waals surface area contributed by atoms with Gasteiger partial charge in [0.1, 0.15) is 5.82 Å². The van der Waals surface area contributed by atoms with E-state index in [1.165, 1.54) is 24.5 Å². The first-order valence-electron chi connectivity index (χ1n) is 4.71. The van der Waals surface area contributed by atoms with Gasteiger partial charge in [-0.3, -0.25) is 10.1 Å². The SMILES string of the molecule is O=C(Nc1ncccn1)c1c(F)cccc1Cl. The van der Waals surface area contributed by atoms with E-state index in [0.29, 0.717) is 0 Å². The number of hydrogen-bond acceptors (Lipinski definition) is 3. The Kier molecular flexibility index (Phi) is 3.30. The van der Waals surface area contributed by atoms with Crippen LogP contribution in [0.15, 0.2) is 36.7 Å². The van der Waals surface area contributed by atoms with Crippen LogP contribution in [0, 0.1) is 5.82 Å². The molecule has 0 aliphatic carbocycles. The molecule has 2 rings (SSSR count). The summed E-state index contributed by atoms with van der Waals surface area (Å²) in [6.45, 7) is 0. The number of rotatable bonds is 2. The monoisotopic (exact) mass is 251 g/mol. The van der Waals surface area contributed by atoms with E-state index < -0.39 is 11.7 Å². The molecule has 0 radical (unpaired) electrons. The maximum Gasteiger partial charge on any atom is 0.262 e. The lowest BCUT2D eigenvalue weighted by atomic mass is 10.2. The molecule has 6 heteroatoms. The molecule has 1 N–H and O–H groups in total. The fourth-order valence-corrected chi connectivity index (χ4v) is 1.49. The van der Waals surface area contributed by atoms with Crippen LogP contribution in [0.2, 0.25) is 5.02 Å². The zero-order chi connectivity index (χ0) is 12.3. The first kappa shape index (κ1) is 11.5. The fraction of sp³-hybridized carbons (Fsp3) is 0. The first-order chi connectivity index (χ1) is 8.18. The van der Waals surface area contributed by atoms with Crippen LogP contribution in [0.5, 0.6) is 0 Å². The standard InChI is InChI=1S/C11H7ClFN3O/c12-7-3-1-4-8(13)9(7)10(17)16-11-14-5-2-6-15-11/h1-6H,(H,14,15,16,17). The van der Waals surface area contributed by atoms with E-state index in [1.807, 2.05) is 0 Å². The molecule has 0 spiro atoms. The minimum absolute atomic E-state index is 0.0402. The number of benzene rings is 1. The van der Waals surface area contributed by atoms with Crippen LogP contribution in [0.25, 0.3) is 0 Å². The predicted octanol–water partition coefficient (Wildman–Crippen LogP) is 2.52. The molecule has 1 aromatic heterocycles. The number of halogens is 2. The molecule has 0 aliphatic heterocycles. The molecule has 0 unspecified atom stereocenters. The second-order valence-electron chi connectivity index (χ2n) is 3.12. The van der Waals surface area contributed by atoms with Gasteiger partial charge in [0.2, 0.25) is 5.95 Å². The second-order valence-corrected chi connectivity index (χ2v) is 3.53. The third kappa shape index (κ3) is 2.57. The van der Waals surface area contributed by atoms with Crippen molar-refractivity contribution in [2.75, 3.05) is 5.32 Å². The summed E-state index contributed by atoms with van der Waals surface area (Å²) in [4.78, 5) is 19.3. The molecule has 1 aromatic carbocycles. The maximum absolute atomic E-state index is 13.4. The lowest BCUT2D eigenvalue weighted by Crippen LogP contribution is -2.16. The van der Waals surface area contributed by atoms with Gasteiger partial charge in [0, 0.05) is 12.4 Å². The molecule has 0 bridgehead atoms. The van der Waals surface area contributed by atoms with Crippen LogP contribution in [0.3, 0.4) is 0 Å². The fourth-order valence-electron chi connectivity index (χ4n) is 1.24. The van der Waals surface area contributed by atoms with Crippen LogP contribution < -0.4 is 5.32 Å². The van der Waals surface area contributed by atoms with E-state index in [9.17, 15) is 9.18 Å². The summed E-state index contributed by atoms with van der Waals surface area (Å²) >= 11 is 5.75. The lowest BCUT2D eigenvalue weighted by molar-refractivity contribution is 0.102. The van der Waals surface area contributed by atoms with E-state index in [4.69, 9.17) is 11.6 Å². The first-order valence-corrected chi connectivity index (χ1v) is 5.08. The molecule has 17 heavy (non-hydrogen) atoms. The zero-order valence-corrected chi connectivity index (χ0v) is 9.28. The Bertz CT molecular complexity index is 527. The minimum atomic E-state index is -0.689. The Morgan fingerprint density at radius 3 is 2.59 bits per heavy atom. The van der Waals surface area contributed by atoms with Crippen LogP contribution in [0.1, 0.15) is 10.4 Å². The van der Waals surface area contributed by atoms with Crippen LogP contribution in [0.4, 0.5) is 10.3 Å². The number of nitrogens with one attached hydrogen (secondary N) is 1. The highest BCUT2D eigenvalue weighted by Gasteiger charge is 2.16. The summed E-state index contributed by atoms with van der Waals surface area (Å²) in [5, 5.41) is 2.39. The van der Waals surface area contributed by atoms with E-state index in [-0.39, 0.29) is 16.5 Å². The van der Waals surface area contributed by atoms with Gasteiger partial charge in [-0.2, -0.15) is 0 Å². The Labute approximate surface area is 101 Å². The van der Waals surface area contributed by atoms with E-state index in [0.717, 1.165) is 6.07 Å². The van der Waals surface area contributed by atoms with Crippen molar-refractivity contribution >= 4 is 23.5 Å². The van der Waals surface area contributed by atoms with E-state index in [1.54, 1.807) is 6.07 Å². The summed E-state index contributed by atoms with van der Waals surface area (Å²) in [6, 6.07) is 5.62. The molecular weight excluding hydrogens is 245 g/mol. The molecule has 1 amide bonds. The van der Waals surface area contributed by atoms with Gasteiger partial charge in [0.25, 0.3) is 5.91 Å². The average Bonchev–Trinajstić information content (AvgIpc) is 2.30. The number of aromatic nitrogens is 2. The van der Waals surface area contributed by atoms with Gasteiger partial charge in [-0.25, -0.2) is 14.4 Å². The van der Waals surface area contributed by atoms with Crippen LogP contribution in [-0.2, 0) is 0 Å². The number of carbonyl (C=O) groups is 1. The molecular formula is C11H7ClFN3O. The summed E-state index contributed by atoms with van der Waals surface area (Å²) in [7, 11) is 0. The third-order valence-corrected chi connectivity index (χ3v) is 2.30. The van der Waals surface area contributed by atoms with Crippen LogP contribution in [-0.4, -0.2) is 15.9 Å². The zero-order valence-electron chi connectivity index (χ0n) is 8.52. The Morgan fingerprint density at radius 2 is 1.94 bits per heavy atom. The van der Waals surface area contributed by atoms with Gasteiger partial charge in [0.05, 0.1) is 10.6 Å². The molecule has 0 atom stereocenters. The van der Waals surface area contributed by atoms with Gasteiger partial charge >= 0.3 is 0 Å². The van der Waals surface area contributed by atoms with Crippen molar-refractivity contribution in [1.29, 1.82) is 0 Å². The van der Waals surface area contributed by atoms with Crippen molar-refractivity contribution < 1.29 is 9.18 Å². The van der Waals surface area contributed by atoms with E-state index >= 15 is 0 Å². The second kappa shape index (κ2) is 4.88. The Morgan fingerprint density at radius 1 is 1.24 bits per heavy atom. The van der Waals surface area contributed by atoms with E-state index in [2.05, 4.69) is 15.3 Å². The summed E-state index contributed by atoms with van der Waals surface area (Å²) in [5.41, 5.74) is -0.221. The highest BCUT2D eigenvalue weighted by molar-refractivity contribution is 6.34. The van der Waals surface area contributed by atoms with Crippen molar-refractivity contribution in [2.24, 2.45) is 0 Å². The molecule has 86 valence electrons. The molecule has 0 saturated heterocycles. The number of anilines is 1. The summed E-state index contributed by atoms with van der Waals surface area (Å²) in [6.07, 6.45) is 2.93. The van der Waals surface area contributed by atoms with Crippen molar-refractivity contribution in [3.05, 3.63) is 53.1 Å². The van der Waals surface area contributed by atoms with Gasteiger partial charge < -0.3 is 0 Å². The van der Waals surface area contributed by atoms with Crippen molar-refractivity contribution in [3.63, 3.8) is 0 Å². The third-order valence-electron chi connectivity index (χ3n) is 1.98. The van der Waals surface area contributed by atoms with Gasteiger partial charge in [-0.05, 0) is 18.2 Å². The molecule has 2 aromatic rings. The molecule has 1 heterocycles. The number of amides is 1. The molecule has 4 nitrogen and oxygen atoms in total. The van der Waals surface area contributed by atoms with Gasteiger partial charge in [-0.15, -0.1) is 0 Å². The van der Waals surface area contributed by atoms with Gasteiger partial charge in [-0.1, -0.05) is 17.7 Å². The Balaban J connectivity index is 2.27. The molecule has 0 saturated carbocycles. The Hall–Kier alpha value is -2.01. The minimum Gasteiger partial charge on any atom is -0.290 e. The lowest BCUT2D eigenvalue weighted by Gasteiger charge is -2.05. The van der Waals surface area contributed by atoms with Gasteiger partial charge in [0.15, 0.2) is 0 Å². The quantitative estimate of drug-likeness (QED) is 0.892. The van der Waals surface area contributed by atoms with Crippen molar-refractivity contribution in [1.82, 2.24) is 9.97 Å². The average molecular weight is 252 g/mol. The van der Waals surface area contributed by atoms with Crippen molar-refractivity contribution in [2.45, 2.75) is 0 Å². The number of carbonyl (C=O) groups excluding carboxylic acids is 1. The number of hydrogen-bond donors (Lipinski definition) is 1. The van der Waals surface area contributed by atoms with Crippen molar-refractivity contribution in [3.8, 4) is 0 Å². The highest BCUT2D eigenvalue weighted by Crippen LogP contribution is 2.19. The maximum atomic E-state index is 13.4. The number of nitrogens with zero attached hydrogens (tertiary/aromatic N) is 2. The predicted molar refractivity (Wildman–Crippen MR) is 61.4 cm³/mol. The molecule has 0 fully saturated rings. The largest absolute Gasteiger partial charge is 0.290 e. The highest BCUT2D eigenvalue weighted by atomic mass is 35.5. The smallest absolute Gasteiger partial charge is 0.262 e. The topological polar surface area (TPSA) is 54.9 Å². The normalized spacial score (nSPS) is 10.0. The molecule has 0 aliphatic rings. The van der Waals surface area contributed by atoms with Crippen LogP contribution >= 0.6 is 11.6 Å².